The van der Waals surface area contributed by atoms with Crippen LogP contribution in [0.3, 0.4) is 0 Å². The summed E-state index contributed by atoms with van der Waals surface area (Å²) in [5, 5.41) is 18.5. The molecule has 108 valence electrons. The standard InChI is InChI=1S/C12H15N3O4S/c13-10-3-4-11(12-9(10)2-1-5-14-12)20(18,19)15-8(6-16)7-17/h1-5,8,15-17H,6-7,13H2. The van der Waals surface area contributed by atoms with Crippen molar-refractivity contribution in [2.24, 2.45) is 0 Å². The van der Waals surface area contributed by atoms with Gasteiger partial charge in [0.2, 0.25) is 10.0 Å². The molecule has 2 rings (SSSR count). The molecule has 0 aliphatic rings. The van der Waals surface area contributed by atoms with Gasteiger partial charge in [0.15, 0.2) is 0 Å². The summed E-state index contributed by atoms with van der Waals surface area (Å²) in [6.07, 6.45) is 1.47. The summed E-state index contributed by atoms with van der Waals surface area (Å²) in [4.78, 5) is 4.00. The smallest absolute Gasteiger partial charge is 0.243 e. The van der Waals surface area contributed by atoms with Crippen LogP contribution in [0, 0.1) is 0 Å². The second-order valence-electron chi connectivity index (χ2n) is 4.24. The summed E-state index contributed by atoms with van der Waals surface area (Å²) in [6, 6.07) is 5.19. The minimum absolute atomic E-state index is 0.0470. The minimum Gasteiger partial charge on any atom is -0.398 e. The van der Waals surface area contributed by atoms with Gasteiger partial charge >= 0.3 is 0 Å². The van der Waals surface area contributed by atoms with Gasteiger partial charge in [-0.05, 0) is 24.3 Å². The normalized spacial score (nSPS) is 12.2. The Morgan fingerprint density at radius 2 is 1.95 bits per heavy atom. The average Bonchev–Trinajstić information content (AvgIpc) is 2.45. The Balaban J connectivity index is 2.55. The Morgan fingerprint density at radius 3 is 2.60 bits per heavy atom. The molecule has 0 amide bonds. The van der Waals surface area contributed by atoms with Crippen LogP contribution in [0.2, 0.25) is 0 Å². The fourth-order valence-electron chi connectivity index (χ4n) is 1.80. The highest BCUT2D eigenvalue weighted by Gasteiger charge is 2.22. The molecule has 0 aliphatic carbocycles. The van der Waals surface area contributed by atoms with Crippen LogP contribution < -0.4 is 10.5 Å². The van der Waals surface area contributed by atoms with E-state index in [-0.39, 0.29) is 10.4 Å². The summed E-state index contributed by atoms with van der Waals surface area (Å²) in [7, 11) is -3.92. The summed E-state index contributed by atoms with van der Waals surface area (Å²) in [6.45, 7) is -1.01. The van der Waals surface area contributed by atoms with Gasteiger partial charge in [-0.3, -0.25) is 4.98 Å². The van der Waals surface area contributed by atoms with E-state index in [1.54, 1.807) is 12.1 Å². The number of hydrogen-bond donors (Lipinski definition) is 4. The molecule has 8 heteroatoms. The number of nitrogens with zero attached hydrogens (tertiary/aromatic N) is 1. The van der Waals surface area contributed by atoms with Crippen molar-refractivity contribution < 1.29 is 18.6 Å². The number of nitrogen functional groups attached to an aromatic ring is 1. The van der Waals surface area contributed by atoms with E-state index in [2.05, 4.69) is 9.71 Å². The van der Waals surface area contributed by atoms with E-state index >= 15 is 0 Å². The molecule has 2 aromatic rings. The number of benzene rings is 1. The van der Waals surface area contributed by atoms with Crippen molar-refractivity contribution in [1.29, 1.82) is 0 Å². The van der Waals surface area contributed by atoms with Gasteiger partial charge in [0.25, 0.3) is 0 Å². The quantitative estimate of drug-likeness (QED) is 0.549. The van der Waals surface area contributed by atoms with Gasteiger partial charge in [0, 0.05) is 17.3 Å². The second kappa shape index (κ2) is 5.71. The van der Waals surface area contributed by atoms with Crippen molar-refractivity contribution in [2.75, 3.05) is 18.9 Å². The molecule has 20 heavy (non-hydrogen) atoms. The number of sulfonamides is 1. The molecule has 7 nitrogen and oxygen atoms in total. The third kappa shape index (κ3) is 2.73. The van der Waals surface area contributed by atoms with Crippen LogP contribution in [0.25, 0.3) is 10.9 Å². The maximum absolute atomic E-state index is 12.3. The largest absolute Gasteiger partial charge is 0.398 e. The Labute approximate surface area is 116 Å². The first-order valence-electron chi connectivity index (χ1n) is 5.87. The lowest BCUT2D eigenvalue weighted by Gasteiger charge is -2.15. The first-order valence-corrected chi connectivity index (χ1v) is 7.35. The monoisotopic (exact) mass is 297 g/mol. The number of aromatic nitrogens is 1. The zero-order valence-electron chi connectivity index (χ0n) is 10.5. The number of rotatable bonds is 5. The SMILES string of the molecule is Nc1ccc(S(=O)(=O)NC(CO)CO)c2ncccc12. The molecule has 0 radical (unpaired) electrons. The van der Waals surface area contributed by atoms with Crippen molar-refractivity contribution in [3.8, 4) is 0 Å². The Morgan fingerprint density at radius 1 is 1.25 bits per heavy atom. The molecule has 0 bridgehead atoms. The van der Waals surface area contributed by atoms with E-state index in [1.807, 2.05) is 0 Å². The maximum atomic E-state index is 12.3. The van der Waals surface area contributed by atoms with Crippen molar-refractivity contribution in [2.45, 2.75) is 10.9 Å². The van der Waals surface area contributed by atoms with Crippen LogP contribution in [0.15, 0.2) is 35.4 Å². The molecule has 1 heterocycles. The van der Waals surface area contributed by atoms with Crippen LogP contribution in [0.5, 0.6) is 0 Å². The summed E-state index contributed by atoms with van der Waals surface area (Å²) in [5.74, 6) is 0. The average molecular weight is 297 g/mol. The molecule has 0 fully saturated rings. The highest BCUT2D eigenvalue weighted by Crippen LogP contribution is 2.25. The number of nitrogens with one attached hydrogen (secondary N) is 1. The second-order valence-corrected chi connectivity index (χ2v) is 5.92. The lowest BCUT2D eigenvalue weighted by atomic mass is 10.2. The molecular formula is C12H15N3O4S. The number of hydrogen-bond acceptors (Lipinski definition) is 6. The van der Waals surface area contributed by atoms with Gasteiger partial charge in [0.05, 0.1) is 24.8 Å². The fourth-order valence-corrected chi connectivity index (χ4v) is 3.18. The first kappa shape index (κ1) is 14.7. The van der Waals surface area contributed by atoms with Crippen LogP contribution in [0.4, 0.5) is 5.69 Å². The fraction of sp³-hybridized carbons (Fsp3) is 0.250. The van der Waals surface area contributed by atoms with Crippen molar-refractivity contribution in [1.82, 2.24) is 9.71 Å². The van der Waals surface area contributed by atoms with Crippen LogP contribution in [-0.2, 0) is 10.0 Å². The van der Waals surface area contributed by atoms with E-state index in [0.29, 0.717) is 11.1 Å². The van der Waals surface area contributed by atoms with E-state index in [0.717, 1.165) is 0 Å². The molecule has 1 aromatic heterocycles. The lowest BCUT2D eigenvalue weighted by Crippen LogP contribution is -2.40. The molecule has 1 aromatic carbocycles. The van der Waals surface area contributed by atoms with E-state index in [1.165, 1.54) is 18.3 Å². The predicted octanol–water partition coefficient (Wildman–Crippen LogP) is -0.551. The van der Waals surface area contributed by atoms with Gasteiger partial charge in [-0.2, -0.15) is 0 Å². The van der Waals surface area contributed by atoms with Crippen LogP contribution in [-0.4, -0.2) is 42.9 Å². The number of pyridine rings is 1. The highest BCUT2D eigenvalue weighted by atomic mass is 32.2. The minimum atomic E-state index is -3.92. The zero-order valence-corrected chi connectivity index (χ0v) is 11.3. The summed E-state index contributed by atoms with van der Waals surface area (Å²) < 4.78 is 26.8. The highest BCUT2D eigenvalue weighted by molar-refractivity contribution is 7.89. The molecule has 0 saturated carbocycles. The molecule has 0 aliphatic heterocycles. The van der Waals surface area contributed by atoms with Crippen molar-refractivity contribution in [3.63, 3.8) is 0 Å². The topological polar surface area (TPSA) is 126 Å². The Kier molecular flexibility index (Phi) is 4.19. The number of aliphatic hydroxyl groups excluding tert-OH is 2. The van der Waals surface area contributed by atoms with Crippen LogP contribution >= 0.6 is 0 Å². The molecule has 0 saturated heterocycles. The number of fused-ring (bicyclic) bond motifs is 1. The van der Waals surface area contributed by atoms with Crippen molar-refractivity contribution >= 4 is 26.6 Å². The van der Waals surface area contributed by atoms with E-state index in [4.69, 9.17) is 15.9 Å². The number of anilines is 1. The summed E-state index contributed by atoms with van der Waals surface area (Å²) >= 11 is 0. The Hall–Kier alpha value is -1.74. The molecule has 0 spiro atoms. The van der Waals surface area contributed by atoms with Crippen molar-refractivity contribution in [3.05, 3.63) is 30.5 Å². The van der Waals surface area contributed by atoms with Gasteiger partial charge in [-0.1, -0.05) is 0 Å². The molecule has 5 N–H and O–H groups in total. The van der Waals surface area contributed by atoms with Gasteiger partial charge < -0.3 is 15.9 Å². The zero-order chi connectivity index (χ0) is 14.8. The van der Waals surface area contributed by atoms with E-state index in [9.17, 15) is 8.42 Å². The van der Waals surface area contributed by atoms with Gasteiger partial charge in [-0.15, -0.1) is 0 Å². The number of aliphatic hydroxyl groups is 2. The first-order chi connectivity index (χ1) is 9.49. The Bertz CT molecular complexity index is 714. The summed E-state index contributed by atoms with van der Waals surface area (Å²) in [5.41, 5.74) is 6.46. The van der Waals surface area contributed by atoms with Gasteiger partial charge in [0.1, 0.15) is 4.90 Å². The van der Waals surface area contributed by atoms with Gasteiger partial charge in [-0.25, -0.2) is 13.1 Å². The number of nitrogens with two attached hydrogens (primary N) is 1. The maximum Gasteiger partial charge on any atom is 0.243 e. The third-order valence-electron chi connectivity index (χ3n) is 2.82. The van der Waals surface area contributed by atoms with Crippen LogP contribution in [0.1, 0.15) is 0 Å². The lowest BCUT2D eigenvalue weighted by molar-refractivity contribution is 0.185. The predicted molar refractivity (Wildman–Crippen MR) is 74.4 cm³/mol. The molecule has 0 unspecified atom stereocenters. The third-order valence-corrected chi connectivity index (χ3v) is 4.37. The molecular weight excluding hydrogens is 282 g/mol. The van der Waals surface area contributed by atoms with E-state index < -0.39 is 29.3 Å². The molecule has 0 atom stereocenters.